The Kier molecular flexibility index (Phi) is 7.17. The molecule has 46 heavy (non-hydrogen) atoms. The van der Waals surface area contributed by atoms with E-state index in [1.807, 2.05) is 26.8 Å². The van der Waals surface area contributed by atoms with Gasteiger partial charge in [0.2, 0.25) is 0 Å². The van der Waals surface area contributed by atoms with Gasteiger partial charge in [0.15, 0.2) is 11.6 Å². The van der Waals surface area contributed by atoms with Gasteiger partial charge >= 0.3 is 12.0 Å². The predicted molar refractivity (Wildman–Crippen MR) is 171 cm³/mol. The van der Waals surface area contributed by atoms with E-state index in [9.17, 15) is 29.5 Å². The zero-order valence-corrected chi connectivity index (χ0v) is 28.8. The Hall–Kier alpha value is -2.99. The first-order chi connectivity index (χ1) is 21.3. The average molecular weight is 634 g/mol. The van der Waals surface area contributed by atoms with Crippen molar-refractivity contribution in [2.75, 3.05) is 13.7 Å². The van der Waals surface area contributed by atoms with Crippen LogP contribution in [-0.2, 0) is 19.1 Å². The van der Waals surface area contributed by atoms with Gasteiger partial charge < -0.3 is 20.1 Å². The summed E-state index contributed by atoms with van der Waals surface area (Å²) < 4.78 is 4.96. The van der Waals surface area contributed by atoms with Crippen molar-refractivity contribution in [3.05, 3.63) is 23.3 Å². The molecule has 2 amide bonds. The quantitative estimate of drug-likeness (QED) is 0.388. The second-order valence-corrected chi connectivity index (χ2v) is 17.2. The summed E-state index contributed by atoms with van der Waals surface area (Å²) in [4.78, 5) is 55.6. The van der Waals surface area contributed by atoms with Crippen molar-refractivity contribution < 1.29 is 29.0 Å². The van der Waals surface area contributed by atoms with E-state index in [-0.39, 0.29) is 34.5 Å². The topological polar surface area (TPSA) is 137 Å². The number of allylic oxidation sites excluding steroid dienone is 3. The van der Waals surface area contributed by atoms with Crippen molar-refractivity contribution in [3.63, 3.8) is 0 Å². The lowest BCUT2D eigenvalue weighted by atomic mass is 9.33. The van der Waals surface area contributed by atoms with Crippen LogP contribution >= 0.6 is 0 Å². The molecule has 6 rings (SSSR count). The zero-order chi connectivity index (χ0) is 33.9. The van der Waals surface area contributed by atoms with Gasteiger partial charge in [-0.15, -0.1) is 0 Å². The monoisotopic (exact) mass is 633 g/mol. The van der Waals surface area contributed by atoms with Crippen LogP contribution < -0.4 is 5.32 Å². The number of amides is 2. The molecule has 1 aliphatic heterocycles. The lowest BCUT2D eigenvalue weighted by Gasteiger charge is -2.71. The number of hydrogen-bond acceptors (Lipinski definition) is 7. The zero-order valence-electron chi connectivity index (χ0n) is 28.8. The molecule has 0 aromatic rings. The minimum atomic E-state index is -1.67. The molecular weight excluding hydrogens is 582 g/mol. The number of aliphatic hydroxyl groups is 1. The fourth-order valence-electron chi connectivity index (χ4n) is 11.6. The molecular formula is C37H51N3O6. The molecule has 9 nitrogen and oxygen atoms in total. The SMILES string of the molecule is COC(=O)C1CCCN1C(=O)N[C@@]1(C)CC[C@]2(C)CC[C@@]3(C)[C@]4(C)CC[C@H]5C(C)(C)C(=O)C(C#N)=C[C@]5(C)C4=CC(=O)[C@]3(O)[C@@H]2C1. The van der Waals surface area contributed by atoms with Crippen LogP contribution in [0.2, 0.25) is 0 Å². The maximum atomic E-state index is 14.7. The number of nitriles is 1. The summed E-state index contributed by atoms with van der Waals surface area (Å²) in [5, 5.41) is 26.3. The molecule has 9 atom stereocenters. The van der Waals surface area contributed by atoms with Crippen LogP contribution in [0.1, 0.15) is 106 Å². The van der Waals surface area contributed by atoms with E-state index in [4.69, 9.17) is 4.74 Å². The van der Waals surface area contributed by atoms with E-state index in [2.05, 4.69) is 39.1 Å². The first-order valence-corrected chi connectivity index (χ1v) is 17.1. The third-order valence-electron chi connectivity index (χ3n) is 14.6. The Bertz CT molecular complexity index is 1520. The number of carbonyl (C=O) groups excluding carboxylic acids is 4. The highest BCUT2D eigenvalue weighted by molar-refractivity contribution is 6.05. The maximum absolute atomic E-state index is 14.7. The van der Waals surface area contributed by atoms with Crippen LogP contribution in [0, 0.1) is 50.2 Å². The molecule has 0 bridgehead atoms. The van der Waals surface area contributed by atoms with E-state index in [0.717, 1.165) is 37.7 Å². The fourth-order valence-corrected chi connectivity index (χ4v) is 11.6. The highest BCUT2D eigenvalue weighted by Gasteiger charge is 2.75. The average Bonchev–Trinajstić information content (AvgIpc) is 3.49. The van der Waals surface area contributed by atoms with E-state index >= 15 is 0 Å². The molecule has 9 heteroatoms. The number of carbonyl (C=O) groups is 4. The normalized spacial score (nSPS) is 46.0. The minimum absolute atomic E-state index is 0.0760. The summed E-state index contributed by atoms with van der Waals surface area (Å²) in [7, 11) is 1.34. The molecule has 6 aliphatic rings. The number of hydrogen-bond donors (Lipinski definition) is 2. The summed E-state index contributed by atoms with van der Waals surface area (Å²) in [6.07, 6.45) is 9.65. The van der Waals surface area contributed by atoms with Crippen LogP contribution in [0.25, 0.3) is 0 Å². The Morgan fingerprint density at radius 3 is 2.33 bits per heavy atom. The van der Waals surface area contributed by atoms with Gasteiger partial charge in [-0.25, -0.2) is 9.59 Å². The van der Waals surface area contributed by atoms with Crippen molar-refractivity contribution in [1.29, 1.82) is 5.26 Å². The van der Waals surface area contributed by atoms with Crippen molar-refractivity contribution >= 4 is 23.6 Å². The van der Waals surface area contributed by atoms with Crippen LogP contribution in [0.4, 0.5) is 4.79 Å². The van der Waals surface area contributed by atoms with Crippen molar-refractivity contribution in [3.8, 4) is 6.07 Å². The Balaban J connectivity index is 1.39. The third kappa shape index (κ3) is 4.01. The van der Waals surface area contributed by atoms with Crippen LogP contribution in [0.15, 0.2) is 23.3 Å². The largest absolute Gasteiger partial charge is 0.467 e. The number of ether oxygens (including phenoxy) is 1. The Labute approximate surface area is 273 Å². The minimum Gasteiger partial charge on any atom is -0.467 e. The lowest BCUT2D eigenvalue weighted by Crippen LogP contribution is -2.74. The van der Waals surface area contributed by atoms with Gasteiger partial charge in [0.1, 0.15) is 17.7 Å². The molecule has 250 valence electrons. The second kappa shape index (κ2) is 10.0. The van der Waals surface area contributed by atoms with Crippen LogP contribution in [0.3, 0.4) is 0 Å². The van der Waals surface area contributed by atoms with E-state index in [1.54, 1.807) is 11.0 Å². The van der Waals surface area contributed by atoms with Gasteiger partial charge in [0, 0.05) is 34.2 Å². The maximum Gasteiger partial charge on any atom is 0.328 e. The smallest absolute Gasteiger partial charge is 0.328 e. The van der Waals surface area contributed by atoms with Gasteiger partial charge in [-0.05, 0) is 93.1 Å². The van der Waals surface area contributed by atoms with E-state index < -0.39 is 50.7 Å². The van der Waals surface area contributed by atoms with Gasteiger partial charge in [-0.3, -0.25) is 9.59 Å². The molecule has 3 saturated carbocycles. The van der Waals surface area contributed by atoms with Gasteiger partial charge in [0.05, 0.1) is 12.7 Å². The molecule has 0 radical (unpaired) electrons. The number of methoxy groups -OCH3 is 1. The Morgan fingerprint density at radius 2 is 1.67 bits per heavy atom. The van der Waals surface area contributed by atoms with E-state index in [0.29, 0.717) is 32.2 Å². The standard InChI is InChI=1S/C37H51N3O6/c1-31(2)24-11-12-35(6)25(34(24,5)19-22(21-38)28(31)42)18-27(41)37(45)26-20-33(4,15-13-32(26,3)14-16-36(35,37)7)39-30(44)40-17-9-10-23(40)29(43)46-8/h18-19,23-24,26,45H,9-17,20H2,1-8H3,(H,39,44)/t23?,24-,26+,32+,33-,34-,35+,36-,37+/m0/s1. The highest BCUT2D eigenvalue weighted by Crippen LogP contribution is 2.75. The van der Waals surface area contributed by atoms with Gasteiger partial charge in [0.25, 0.3) is 0 Å². The molecule has 0 spiro atoms. The van der Waals surface area contributed by atoms with Crippen LogP contribution in [0.5, 0.6) is 0 Å². The van der Waals surface area contributed by atoms with Crippen LogP contribution in [-0.4, -0.2) is 64.4 Å². The van der Waals surface area contributed by atoms with Crippen molar-refractivity contribution in [2.45, 2.75) is 123 Å². The molecule has 0 aromatic carbocycles. The van der Waals surface area contributed by atoms with Gasteiger partial charge in [-0.2, -0.15) is 5.26 Å². The first kappa shape index (κ1) is 32.9. The number of rotatable bonds is 2. The second-order valence-electron chi connectivity index (χ2n) is 17.2. The Morgan fingerprint density at radius 1 is 1.00 bits per heavy atom. The lowest BCUT2D eigenvalue weighted by molar-refractivity contribution is -0.240. The number of fused-ring (bicyclic) bond motifs is 7. The number of urea groups is 1. The number of Topliss-reactive ketones (excluding diaryl/α,β-unsaturated/α-hetero) is 1. The molecule has 1 heterocycles. The molecule has 1 unspecified atom stereocenters. The van der Waals surface area contributed by atoms with Crippen molar-refractivity contribution in [2.24, 2.45) is 38.9 Å². The number of nitrogens with one attached hydrogen (secondary N) is 1. The summed E-state index contributed by atoms with van der Waals surface area (Å²) in [5.74, 6) is -1.35. The summed E-state index contributed by atoms with van der Waals surface area (Å²) in [5.41, 5.74) is -4.39. The first-order valence-electron chi connectivity index (χ1n) is 17.1. The highest BCUT2D eigenvalue weighted by atomic mass is 16.5. The number of likely N-dealkylation sites (tertiary alicyclic amines) is 1. The summed E-state index contributed by atoms with van der Waals surface area (Å²) in [6.45, 7) is 14.9. The summed E-state index contributed by atoms with van der Waals surface area (Å²) >= 11 is 0. The number of esters is 1. The molecule has 2 N–H and O–H groups in total. The molecule has 5 aliphatic carbocycles. The predicted octanol–water partition coefficient (Wildman–Crippen LogP) is 5.42. The van der Waals surface area contributed by atoms with Crippen molar-refractivity contribution in [1.82, 2.24) is 10.2 Å². The third-order valence-corrected chi connectivity index (χ3v) is 14.6. The van der Waals surface area contributed by atoms with E-state index in [1.165, 1.54) is 7.11 Å². The molecule has 4 fully saturated rings. The molecule has 1 saturated heterocycles. The molecule has 0 aromatic heterocycles. The number of ketones is 2. The summed E-state index contributed by atoms with van der Waals surface area (Å²) in [6, 6.07) is 1.22. The fraction of sp³-hybridized carbons (Fsp3) is 0.757. The number of nitrogens with zero attached hydrogens (tertiary/aromatic N) is 2. The van der Waals surface area contributed by atoms with Gasteiger partial charge in [-0.1, -0.05) is 47.6 Å².